The Morgan fingerprint density at radius 2 is 1.16 bits per heavy atom. The van der Waals surface area contributed by atoms with E-state index < -0.39 is 0 Å². The first-order valence-electron chi connectivity index (χ1n) is 7.57. The van der Waals surface area contributed by atoms with Gasteiger partial charge in [-0.25, -0.2) is 9.97 Å². The van der Waals surface area contributed by atoms with Crippen molar-refractivity contribution in [2.24, 2.45) is 0 Å². The zero-order valence-electron chi connectivity index (χ0n) is 13.2. The Morgan fingerprint density at radius 1 is 0.680 bits per heavy atom. The van der Waals surface area contributed by atoms with E-state index >= 15 is 0 Å². The predicted octanol–water partition coefficient (Wildman–Crippen LogP) is 1.90. The predicted molar refractivity (Wildman–Crippen MR) is 96.0 cm³/mol. The number of hydrogen-bond acceptors (Lipinski definition) is 6. The van der Waals surface area contributed by atoms with Crippen LogP contribution in [0.4, 0.5) is 11.6 Å². The summed E-state index contributed by atoms with van der Waals surface area (Å²) in [6.45, 7) is 0. The zero-order chi connectivity index (χ0) is 16.2. The summed E-state index contributed by atoms with van der Waals surface area (Å²) in [5.41, 5.74) is 0. The van der Waals surface area contributed by atoms with Gasteiger partial charge in [-0.3, -0.25) is 0 Å². The van der Waals surface area contributed by atoms with Crippen LogP contribution in [0.25, 0.3) is 0 Å². The van der Waals surface area contributed by atoms with Crippen LogP contribution in [0.2, 0.25) is 0 Å². The van der Waals surface area contributed by atoms with Crippen LogP contribution >= 0.6 is 0 Å². The number of hydrogen-bond donors (Lipinski definition) is 0. The third kappa shape index (κ3) is 4.14. The molecule has 0 amide bonds. The first-order chi connectivity index (χ1) is 11.9. The van der Waals surface area contributed by atoms with Crippen molar-refractivity contribution in [3.8, 4) is 0 Å². The van der Waals surface area contributed by atoms with Crippen LogP contribution in [-0.2, 0) is 21.1 Å². The molecule has 0 atom stereocenters. The molecule has 2 aliphatic rings. The quantitative estimate of drug-likeness (QED) is 0.590. The van der Waals surface area contributed by atoms with Gasteiger partial charge in [-0.05, 0) is 24.3 Å². The van der Waals surface area contributed by atoms with Gasteiger partial charge in [0.1, 0.15) is 11.6 Å². The molecule has 2 aromatic rings. The van der Waals surface area contributed by atoms with Crippen LogP contribution in [0, 0.1) is 0 Å². The van der Waals surface area contributed by atoms with Crippen LogP contribution in [0.5, 0.6) is 0 Å². The van der Waals surface area contributed by atoms with Gasteiger partial charge < -0.3 is 19.2 Å². The molecule has 0 fully saturated rings. The summed E-state index contributed by atoms with van der Waals surface area (Å²) in [5.74, 6) is 1.78. The van der Waals surface area contributed by atoms with E-state index in [0.717, 1.165) is 11.6 Å². The summed E-state index contributed by atoms with van der Waals surface area (Å²) >= 11 is 0. The van der Waals surface area contributed by atoms with Crippen LogP contribution in [0.1, 0.15) is 0 Å². The topological polar surface area (TPSA) is 38.7 Å². The molecule has 2 radical (unpaired) electrons. The van der Waals surface area contributed by atoms with E-state index in [4.69, 9.17) is 0 Å². The number of anilines is 2. The summed E-state index contributed by atoms with van der Waals surface area (Å²) in [7, 11) is 3.93. The second kappa shape index (κ2) is 8.08. The fourth-order valence-corrected chi connectivity index (χ4v) is 2.35. The van der Waals surface area contributed by atoms with E-state index in [2.05, 4.69) is 9.97 Å². The van der Waals surface area contributed by atoms with Gasteiger partial charge in [0.05, 0.1) is 0 Å². The Hall–Kier alpha value is -2.46. The maximum absolute atomic E-state index is 4.33. The molecule has 9 heteroatoms. The number of nitrogens with zero attached hydrogens (tertiary/aromatic N) is 6. The van der Waals surface area contributed by atoms with Crippen molar-refractivity contribution in [1.82, 2.24) is 19.6 Å². The molecule has 124 valence electrons. The first kappa shape index (κ1) is 17.4. The van der Waals surface area contributed by atoms with Gasteiger partial charge in [0, 0.05) is 70.7 Å². The minimum atomic E-state index is 0. The Morgan fingerprint density at radius 3 is 1.56 bits per heavy atom. The van der Waals surface area contributed by atoms with Crippen molar-refractivity contribution in [3.05, 3.63) is 86.0 Å². The van der Waals surface area contributed by atoms with Gasteiger partial charge in [0.25, 0.3) is 0 Å². The maximum atomic E-state index is 4.33. The number of rotatable bonds is 4. The molecule has 25 heavy (non-hydrogen) atoms. The van der Waals surface area contributed by atoms with E-state index in [9.17, 15) is 0 Å². The van der Waals surface area contributed by atoms with Crippen molar-refractivity contribution >= 4 is 26.7 Å². The molecule has 4 rings (SSSR count). The largest absolute Gasteiger partial charge is 0.401 e. The Balaban J connectivity index is 0.00000182. The Kier molecular flexibility index (Phi) is 5.61. The van der Waals surface area contributed by atoms with Gasteiger partial charge in [-0.15, -0.1) is 0 Å². The second-order valence-corrected chi connectivity index (χ2v) is 5.21. The standard InChI is InChI=1S/C16H14B2N6.Pt/c1-3-7-19-15(5-1)23-13-11-21(17-23)9-10-22-12-14-24(18-22)16-6-2-4-8-20-16;/h1-14H;/b10-9-;. The van der Waals surface area contributed by atoms with E-state index in [1.54, 1.807) is 12.4 Å². The maximum Gasteiger partial charge on any atom is 0.401 e. The third-order valence-corrected chi connectivity index (χ3v) is 3.55. The van der Waals surface area contributed by atoms with Crippen molar-refractivity contribution in [3.63, 3.8) is 0 Å². The molecular weight excluding hydrogens is 493 g/mol. The minimum absolute atomic E-state index is 0. The monoisotopic (exact) mass is 507 g/mol. The van der Waals surface area contributed by atoms with Gasteiger partial charge in [0.2, 0.25) is 0 Å². The molecule has 2 aromatic heterocycles. The molecular formula is C16H14B2N6Pt. The van der Waals surface area contributed by atoms with Crippen molar-refractivity contribution < 1.29 is 21.1 Å². The summed E-state index contributed by atoms with van der Waals surface area (Å²) < 4.78 is 0. The number of aromatic nitrogens is 2. The van der Waals surface area contributed by atoms with Gasteiger partial charge >= 0.3 is 15.1 Å². The van der Waals surface area contributed by atoms with E-state index in [1.165, 1.54) is 0 Å². The second-order valence-electron chi connectivity index (χ2n) is 5.21. The zero-order valence-corrected chi connectivity index (χ0v) is 15.5. The average Bonchev–Trinajstić information content (AvgIpc) is 3.31. The van der Waals surface area contributed by atoms with Crippen LogP contribution in [-0.4, -0.2) is 34.7 Å². The smallest absolute Gasteiger partial charge is 0.378 e. The molecule has 0 aliphatic carbocycles. The molecule has 2 aliphatic heterocycles. The first-order valence-corrected chi connectivity index (χ1v) is 7.57. The van der Waals surface area contributed by atoms with Crippen molar-refractivity contribution in [2.45, 2.75) is 0 Å². The normalized spacial score (nSPS) is 15.5. The summed E-state index contributed by atoms with van der Waals surface area (Å²) in [5, 5.41) is 0. The molecule has 0 saturated carbocycles. The van der Waals surface area contributed by atoms with Gasteiger partial charge in [0.15, 0.2) is 0 Å². The van der Waals surface area contributed by atoms with Crippen molar-refractivity contribution in [2.75, 3.05) is 9.62 Å². The van der Waals surface area contributed by atoms with Crippen LogP contribution in [0.3, 0.4) is 0 Å². The summed E-state index contributed by atoms with van der Waals surface area (Å²) in [6, 6.07) is 11.7. The van der Waals surface area contributed by atoms with E-state index in [-0.39, 0.29) is 21.1 Å². The molecule has 6 nitrogen and oxygen atoms in total. The van der Waals surface area contributed by atoms with Crippen molar-refractivity contribution in [1.29, 1.82) is 0 Å². The molecule has 0 spiro atoms. The van der Waals surface area contributed by atoms with E-state index in [1.807, 2.05) is 108 Å². The summed E-state index contributed by atoms with van der Waals surface area (Å²) in [4.78, 5) is 16.5. The van der Waals surface area contributed by atoms with Crippen LogP contribution < -0.4 is 9.62 Å². The van der Waals surface area contributed by atoms with Gasteiger partial charge in [-0.1, -0.05) is 12.1 Å². The molecule has 0 N–H and O–H groups in total. The van der Waals surface area contributed by atoms with Crippen LogP contribution in [0.15, 0.2) is 86.0 Å². The molecule has 0 bridgehead atoms. The van der Waals surface area contributed by atoms with Gasteiger partial charge in [-0.2, -0.15) is 0 Å². The number of pyridine rings is 2. The third-order valence-electron chi connectivity index (χ3n) is 3.55. The Bertz CT molecular complexity index is 705. The fourth-order valence-electron chi connectivity index (χ4n) is 2.35. The fraction of sp³-hybridized carbons (Fsp3) is 0. The molecule has 4 heterocycles. The minimum Gasteiger partial charge on any atom is -0.378 e. The average molecular weight is 507 g/mol. The SMILES string of the molecule is [B]1N(/C=C\N2[B]N(c3ccccn3)C=C2)C=CN1c1ccccn1.[Pt]. The molecule has 0 saturated heterocycles. The van der Waals surface area contributed by atoms with E-state index in [0.29, 0.717) is 0 Å². The molecule has 0 unspecified atom stereocenters. The summed E-state index contributed by atoms with van der Waals surface area (Å²) in [6.07, 6.45) is 15.4. The molecule has 0 aromatic carbocycles. The Labute approximate surface area is 163 Å².